The van der Waals surface area contributed by atoms with Crippen molar-refractivity contribution >= 4 is 33.4 Å². The Hall–Kier alpha value is -0.540. The normalized spacial score (nSPS) is 17.4. The molecule has 2 rings (SSSR count). The minimum Gasteiger partial charge on any atom is -0.345 e. The summed E-state index contributed by atoms with van der Waals surface area (Å²) < 4.78 is 0.863. The van der Waals surface area contributed by atoms with Crippen LogP contribution in [0.3, 0.4) is 0 Å². The number of alkyl halides is 1. The molecule has 1 fully saturated rings. The summed E-state index contributed by atoms with van der Waals surface area (Å²) >= 11 is 9.39. The minimum absolute atomic E-state index is 0.0408. The maximum Gasteiger partial charge on any atom is 0.252 e. The van der Waals surface area contributed by atoms with Crippen LogP contribution in [0, 0.1) is 6.92 Å². The van der Waals surface area contributed by atoms with Gasteiger partial charge in [0, 0.05) is 10.4 Å². The zero-order chi connectivity index (χ0) is 12.5. The number of benzene rings is 1. The summed E-state index contributed by atoms with van der Waals surface area (Å²) in [4.78, 5) is 12.2. The highest BCUT2D eigenvalue weighted by Gasteiger charge is 2.37. The molecule has 0 saturated heterocycles. The van der Waals surface area contributed by atoms with E-state index in [2.05, 4.69) is 21.2 Å². The third-order valence-electron chi connectivity index (χ3n) is 3.38. The van der Waals surface area contributed by atoms with Crippen LogP contribution in [0.1, 0.15) is 35.2 Å². The van der Waals surface area contributed by atoms with Crippen LogP contribution < -0.4 is 5.32 Å². The predicted molar refractivity (Wildman–Crippen MR) is 73.6 cm³/mol. The van der Waals surface area contributed by atoms with Crippen LogP contribution in [0.5, 0.6) is 0 Å². The highest BCUT2D eigenvalue weighted by Crippen LogP contribution is 2.33. The molecule has 0 spiro atoms. The van der Waals surface area contributed by atoms with Crippen molar-refractivity contribution in [2.45, 2.75) is 31.7 Å². The second-order valence-electron chi connectivity index (χ2n) is 4.66. The molecule has 0 atom stereocenters. The zero-order valence-electron chi connectivity index (χ0n) is 9.72. The van der Waals surface area contributed by atoms with E-state index >= 15 is 0 Å². The highest BCUT2D eigenvalue weighted by molar-refractivity contribution is 9.10. The first-order valence-corrected chi connectivity index (χ1v) is 7.04. The van der Waals surface area contributed by atoms with Crippen molar-refractivity contribution in [2.24, 2.45) is 0 Å². The van der Waals surface area contributed by atoms with E-state index in [-0.39, 0.29) is 11.4 Å². The van der Waals surface area contributed by atoms with E-state index in [9.17, 15) is 4.79 Å². The van der Waals surface area contributed by atoms with Gasteiger partial charge in [0.05, 0.1) is 11.1 Å². The Bertz CT molecular complexity index is 438. The maximum atomic E-state index is 12.2. The number of hydrogen-bond acceptors (Lipinski definition) is 1. The Labute approximate surface area is 115 Å². The van der Waals surface area contributed by atoms with Gasteiger partial charge in [-0.3, -0.25) is 4.79 Å². The fourth-order valence-electron chi connectivity index (χ4n) is 2.03. The standard InChI is InChI=1S/C13H15BrClNO/c1-9-4-2-5-10(11(9)14)12(17)16-13(8-15)6-3-7-13/h2,4-5H,3,6-8H2,1H3,(H,16,17). The second kappa shape index (κ2) is 4.99. The fourth-order valence-corrected chi connectivity index (χ4v) is 2.81. The lowest BCUT2D eigenvalue weighted by atomic mass is 9.78. The van der Waals surface area contributed by atoms with Gasteiger partial charge >= 0.3 is 0 Å². The van der Waals surface area contributed by atoms with Crippen molar-refractivity contribution < 1.29 is 4.79 Å². The van der Waals surface area contributed by atoms with Gasteiger partial charge in [-0.2, -0.15) is 0 Å². The Morgan fingerprint density at radius 2 is 2.24 bits per heavy atom. The van der Waals surface area contributed by atoms with Crippen molar-refractivity contribution in [3.05, 3.63) is 33.8 Å². The van der Waals surface area contributed by atoms with Crippen molar-refractivity contribution in [3.8, 4) is 0 Å². The van der Waals surface area contributed by atoms with Crippen molar-refractivity contribution in [2.75, 3.05) is 5.88 Å². The molecule has 1 aliphatic rings. The largest absolute Gasteiger partial charge is 0.345 e. The predicted octanol–water partition coefficient (Wildman–Crippen LogP) is 3.65. The molecule has 1 amide bonds. The van der Waals surface area contributed by atoms with Gasteiger partial charge in [0.1, 0.15) is 0 Å². The van der Waals surface area contributed by atoms with Gasteiger partial charge in [0.25, 0.3) is 5.91 Å². The molecule has 1 aromatic rings. The van der Waals surface area contributed by atoms with Gasteiger partial charge in [-0.05, 0) is 53.7 Å². The summed E-state index contributed by atoms with van der Waals surface area (Å²) in [6.45, 7) is 1.97. The molecule has 0 heterocycles. The topological polar surface area (TPSA) is 29.1 Å². The molecule has 4 heteroatoms. The van der Waals surface area contributed by atoms with Crippen LogP contribution in [0.25, 0.3) is 0 Å². The average Bonchev–Trinajstić information content (AvgIpc) is 2.27. The number of carbonyl (C=O) groups excluding carboxylic acids is 1. The number of amides is 1. The number of hydrogen-bond donors (Lipinski definition) is 1. The summed E-state index contributed by atoms with van der Waals surface area (Å²) in [5.41, 5.74) is 1.56. The highest BCUT2D eigenvalue weighted by atomic mass is 79.9. The quantitative estimate of drug-likeness (QED) is 0.847. The van der Waals surface area contributed by atoms with E-state index < -0.39 is 0 Å². The molecular formula is C13H15BrClNO. The van der Waals surface area contributed by atoms with Crippen molar-refractivity contribution in [1.82, 2.24) is 5.32 Å². The molecule has 0 aliphatic heterocycles. The minimum atomic E-state index is -0.179. The lowest BCUT2D eigenvalue weighted by Gasteiger charge is -2.41. The van der Waals surface area contributed by atoms with Crippen molar-refractivity contribution in [3.63, 3.8) is 0 Å². The van der Waals surface area contributed by atoms with Crippen LogP contribution in [-0.4, -0.2) is 17.3 Å². The molecule has 0 bridgehead atoms. The fraction of sp³-hybridized carbons (Fsp3) is 0.462. The number of halogens is 2. The lowest BCUT2D eigenvalue weighted by Crippen LogP contribution is -2.55. The van der Waals surface area contributed by atoms with E-state index in [0.29, 0.717) is 11.4 Å². The molecule has 1 saturated carbocycles. The SMILES string of the molecule is Cc1cccc(C(=O)NC2(CCl)CCC2)c1Br. The first-order chi connectivity index (χ1) is 8.08. The first-order valence-electron chi connectivity index (χ1n) is 5.72. The molecule has 2 nitrogen and oxygen atoms in total. The first kappa shape index (κ1) is 12.9. The monoisotopic (exact) mass is 315 g/mol. The lowest BCUT2D eigenvalue weighted by molar-refractivity contribution is 0.0853. The van der Waals surface area contributed by atoms with Gasteiger partial charge in [-0.15, -0.1) is 11.6 Å². The Morgan fingerprint density at radius 3 is 2.76 bits per heavy atom. The summed E-state index contributed by atoms with van der Waals surface area (Å²) in [7, 11) is 0. The van der Waals surface area contributed by atoms with E-state index in [1.54, 1.807) is 0 Å². The summed E-state index contributed by atoms with van der Waals surface area (Å²) in [6, 6.07) is 5.69. The smallest absolute Gasteiger partial charge is 0.252 e. The molecule has 0 aromatic heterocycles. The second-order valence-corrected chi connectivity index (χ2v) is 5.72. The van der Waals surface area contributed by atoms with E-state index in [1.807, 2.05) is 25.1 Å². The Balaban J connectivity index is 2.17. The number of nitrogens with one attached hydrogen (secondary N) is 1. The van der Waals surface area contributed by atoms with Crippen LogP contribution in [0.4, 0.5) is 0 Å². The third-order valence-corrected chi connectivity index (χ3v) is 4.95. The molecule has 0 radical (unpaired) electrons. The number of rotatable bonds is 3. The molecular weight excluding hydrogens is 302 g/mol. The molecule has 1 N–H and O–H groups in total. The molecule has 1 aliphatic carbocycles. The van der Waals surface area contributed by atoms with Crippen LogP contribution >= 0.6 is 27.5 Å². The molecule has 0 unspecified atom stereocenters. The Kier molecular flexibility index (Phi) is 3.79. The number of carbonyl (C=O) groups is 1. The van der Waals surface area contributed by atoms with Gasteiger partial charge in [-0.1, -0.05) is 12.1 Å². The number of aryl methyl sites for hydroxylation is 1. The molecule has 92 valence electrons. The molecule has 17 heavy (non-hydrogen) atoms. The Morgan fingerprint density at radius 1 is 1.53 bits per heavy atom. The van der Waals surface area contributed by atoms with Gasteiger partial charge in [-0.25, -0.2) is 0 Å². The van der Waals surface area contributed by atoms with E-state index in [0.717, 1.165) is 29.3 Å². The van der Waals surface area contributed by atoms with Crippen LogP contribution in [-0.2, 0) is 0 Å². The van der Waals surface area contributed by atoms with Crippen molar-refractivity contribution in [1.29, 1.82) is 0 Å². The average molecular weight is 317 g/mol. The third kappa shape index (κ3) is 2.50. The summed E-state index contributed by atoms with van der Waals surface area (Å²) in [5.74, 6) is 0.447. The molecule has 1 aromatic carbocycles. The summed E-state index contributed by atoms with van der Waals surface area (Å²) in [5, 5.41) is 3.06. The zero-order valence-corrected chi connectivity index (χ0v) is 12.1. The van der Waals surface area contributed by atoms with E-state index in [1.165, 1.54) is 0 Å². The summed E-state index contributed by atoms with van der Waals surface area (Å²) in [6.07, 6.45) is 3.10. The van der Waals surface area contributed by atoms with Crippen LogP contribution in [0.2, 0.25) is 0 Å². The maximum absolute atomic E-state index is 12.2. The van der Waals surface area contributed by atoms with Gasteiger partial charge < -0.3 is 5.32 Å². The van der Waals surface area contributed by atoms with Crippen LogP contribution in [0.15, 0.2) is 22.7 Å². The van der Waals surface area contributed by atoms with E-state index in [4.69, 9.17) is 11.6 Å². The van der Waals surface area contributed by atoms with Gasteiger partial charge in [0.2, 0.25) is 0 Å². The van der Waals surface area contributed by atoms with Gasteiger partial charge in [0.15, 0.2) is 0 Å².